The number of non-ortho nitro benzene ring substituents is 1. The van der Waals surface area contributed by atoms with Gasteiger partial charge in [-0.3, -0.25) is 14.9 Å². The van der Waals surface area contributed by atoms with E-state index < -0.39 is 4.92 Å². The number of nitro benzene ring substituents is 1. The third kappa shape index (κ3) is 3.57. The van der Waals surface area contributed by atoms with Crippen molar-refractivity contribution in [3.63, 3.8) is 0 Å². The highest BCUT2D eigenvalue weighted by Gasteiger charge is 2.16. The van der Waals surface area contributed by atoms with E-state index in [4.69, 9.17) is 0 Å². The minimum absolute atomic E-state index is 0.105. The van der Waals surface area contributed by atoms with Crippen molar-refractivity contribution in [3.05, 3.63) is 55.8 Å². The molecule has 0 unspecified atom stereocenters. The Kier molecular flexibility index (Phi) is 4.54. The molecule has 0 bridgehead atoms. The fourth-order valence-corrected chi connectivity index (χ4v) is 2.72. The smallest absolute Gasteiger partial charge is 0.270 e. The molecule has 0 aliphatic heterocycles. The van der Waals surface area contributed by atoms with Crippen LogP contribution in [-0.4, -0.2) is 17.9 Å². The van der Waals surface area contributed by atoms with Crippen LogP contribution < -0.4 is 10.6 Å². The number of benzene rings is 1. The highest BCUT2D eigenvalue weighted by atomic mass is 32.1. The number of carbonyl (C=O) groups is 1. The molecular weight excluding hydrogens is 290 g/mol. The highest BCUT2D eigenvalue weighted by molar-refractivity contribution is 7.11. The van der Waals surface area contributed by atoms with Gasteiger partial charge in [0.25, 0.3) is 11.6 Å². The Bertz CT molecular complexity index is 682. The molecule has 0 aliphatic rings. The average molecular weight is 305 g/mol. The molecular formula is C14H15N3O3S. The van der Waals surface area contributed by atoms with Crippen LogP contribution in [0.25, 0.3) is 0 Å². The molecule has 2 rings (SSSR count). The van der Waals surface area contributed by atoms with Crippen molar-refractivity contribution in [2.45, 2.75) is 13.5 Å². The van der Waals surface area contributed by atoms with E-state index in [1.807, 2.05) is 19.1 Å². The molecule has 21 heavy (non-hydrogen) atoms. The second kappa shape index (κ2) is 6.36. The first-order chi connectivity index (χ1) is 10.0. The van der Waals surface area contributed by atoms with Crippen LogP contribution in [0.1, 0.15) is 20.1 Å². The standard InChI is InChI=1S/C14H15N3O3S/c1-9-3-5-11(21-9)8-16-14(18)12-7-10(17(19)20)4-6-13(12)15-2/h3-7,15H,8H2,1-2H3,(H,16,18). The van der Waals surface area contributed by atoms with Crippen LogP contribution in [0.15, 0.2) is 30.3 Å². The predicted octanol–water partition coefficient (Wildman–Crippen LogP) is 2.94. The normalized spacial score (nSPS) is 10.2. The van der Waals surface area contributed by atoms with Gasteiger partial charge in [0.05, 0.1) is 17.0 Å². The first kappa shape index (κ1) is 15.0. The SMILES string of the molecule is CNc1ccc([N+](=O)[O-])cc1C(=O)NCc1ccc(C)s1. The lowest BCUT2D eigenvalue weighted by molar-refractivity contribution is -0.384. The number of amides is 1. The molecule has 0 fully saturated rings. The molecule has 0 spiro atoms. The van der Waals surface area contributed by atoms with Crippen molar-refractivity contribution in [1.29, 1.82) is 0 Å². The van der Waals surface area contributed by atoms with Gasteiger partial charge in [-0.2, -0.15) is 0 Å². The van der Waals surface area contributed by atoms with Crippen molar-refractivity contribution in [2.75, 3.05) is 12.4 Å². The van der Waals surface area contributed by atoms with Crippen molar-refractivity contribution >= 4 is 28.6 Å². The number of nitro groups is 1. The van der Waals surface area contributed by atoms with E-state index in [1.54, 1.807) is 18.4 Å². The fraction of sp³-hybridized carbons (Fsp3) is 0.214. The summed E-state index contributed by atoms with van der Waals surface area (Å²) >= 11 is 1.60. The van der Waals surface area contributed by atoms with Gasteiger partial charge in [-0.25, -0.2) is 0 Å². The number of nitrogens with one attached hydrogen (secondary N) is 2. The summed E-state index contributed by atoms with van der Waals surface area (Å²) in [5.41, 5.74) is 0.714. The monoisotopic (exact) mass is 305 g/mol. The van der Waals surface area contributed by atoms with E-state index in [2.05, 4.69) is 10.6 Å². The van der Waals surface area contributed by atoms with E-state index in [0.717, 1.165) is 4.88 Å². The lowest BCUT2D eigenvalue weighted by Gasteiger charge is -2.09. The van der Waals surface area contributed by atoms with Crippen LogP contribution in [0, 0.1) is 17.0 Å². The van der Waals surface area contributed by atoms with Crippen molar-refractivity contribution in [1.82, 2.24) is 5.32 Å². The zero-order chi connectivity index (χ0) is 15.4. The molecule has 110 valence electrons. The predicted molar refractivity (Wildman–Crippen MR) is 82.9 cm³/mol. The Labute approximate surface area is 126 Å². The first-order valence-corrected chi connectivity index (χ1v) is 7.12. The van der Waals surface area contributed by atoms with Gasteiger partial charge in [-0.1, -0.05) is 0 Å². The number of hydrogen-bond donors (Lipinski definition) is 2. The number of anilines is 1. The molecule has 0 saturated heterocycles. The zero-order valence-corrected chi connectivity index (χ0v) is 12.5. The molecule has 2 aromatic rings. The van der Waals surface area contributed by atoms with E-state index in [0.29, 0.717) is 12.2 Å². The third-order valence-corrected chi connectivity index (χ3v) is 3.95. The summed E-state index contributed by atoms with van der Waals surface area (Å²) in [6.07, 6.45) is 0. The average Bonchev–Trinajstić information content (AvgIpc) is 2.89. The van der Waals surface area contributed by atoms with Crippen LogP contribution in [0.5, 0.6) is 0 Å². The van der Waals surface area contributed by atoms with Crippen LogP contribution in [0.4, 0.5) is 11.4 Å². The van der Waals surface area contributed by atoms with Crippen molar-refractivity contribution < 1.29 is 9.72 Å². The molecule has 0 saturated carbocycles. The molecule has 6 nitrogen and oxygen atoms in total. The third-order valence-electron chi connectivity index (χ3n) is 2.95. The lowest BCUT2D eigenvalue weighted by atomic mass is 10.1. The summed E-state index contributed by atoms with van der Waals surface area (Å²) in [7, 11) is 1.67. The Hall–Kier alpha value is -2.41. The number of hydrogen-bond acceptors (Lipinski definition) is 5. The second-order valence-corrected chi connectivity index (χ2v) is 5.80. The summed E-state index contributed by atoms with van der Waals surface area (Å²) in [6.45, 7) is 2.40. The van der Waals surface area contributed by atoms with Crippen molar-refractivity contribution in [2.24, 2.45) is 0 Å². The molecule has 0 atom stereocenters. The summed E-state index contributed by atoms with van der Waals surface area (Å²) in [6, 6.07) is 8.11. The fourth-order valence-electron chi connectivity index (χ4n) is 1.89. The Morgan fingerprint density at radius 3 is 2.67 bits per heavy atom. The number of rotatable bonds is 5. The van der Waals surface area contributed by atoms with Crippen LogP contribution in [0.2, 0.25) is 0 Å². The number of aryl methyl sites for hydroxylation is 1. The van der Waals surface area contributed by atoms with E-state index in [-0.39, 0.29) is 17.2 Å². The molecule has 1 heterocycles. The topological polar surface area (TPSA) is 84.3 Å². The molecule has 7 heteroatoms. The minimum atomic E-state index is -0.515. The van der Waals surface area contributed by atoms with Crippen molar-refractivity contribution in [3.8, 4) is 0 Å². The molecule has 1 aromatic carbocycles. The Morgan fingerprint density at radius 2 is 2.10 bits per heavy atom. The molecule has 1 aromatic heterocycles. The largest absolute Gasteiger partial charge is 0.387 e. The maximum Gasteiger partial charge on any atom is 0.270 e. The second-order valence-electron chi connectivity index (χ2n) is 4.43. The Balaban J connectivity index is 2.17. The van der Waals surface area contributed by atoms with Crippen LogP contribution in [0.3, 0.4) is 0 Å². The quantitative estimate of drug-likeness (QED) is 0.657. The van der Waals surface area contributed by atoms with Crippen LogP contribution in [-0.2, 0) is 6.54 Å². The molecule has 0 aliphatic carbocycles. The Morgan fingerprint density at radius 1 is 1.33 bits per heavy atom. The summed E-state index contributed by atoms with van der Waals surface area (Å²) in [5.74, 6) is -0.339. The highest BCUT2D eigenvalue weighted by Crippen LogP contribution is 2.22. The summed E-state index contributed by atoms with van der Waals surface area (Å²) < 4.78 is 0. The van der Waals surface area contributed by atoms with Gasteiger partial charge in [0.15, 0.2) is 0 Å². The van der Waals surface area contributed by atoms with E-state index in [9.17, 15) is 14.9 Å². The molecule has 2 N–H and O–H groups in total. The van der Waals surface area contributed by atoms with Gasteiger partial charge in [0.1, 0.15) is 0 Å². The van der Waals surface area contributed by atoms with Gasteiger partial charge in [0.2, 0.25) is 0 Å². The minimum Gasteiger partial charge on any atom is -0.387 e. The lowest BCUT2D eigenvalue weighted by Crippen LogP contribution is -2.23. The maximum atomic E-state index is 12.2. The zero-order valence-electron chi connectivity index (χ0n) is 11.7. The first-order valence-electron chi connectivity index (χ1n) is 6.31. The maximum absolute atomic E-state index is 12.2. The van der Waals surface area contributed by atoms with Crippen LogP contribution >= 0.6 is 11.3 Å². The van der Waals surface area contributed by atoms with Gasteiger partial charge in [-0.05, 0) is 25.1 Å². The van der Waals surface area contributed by atoms with Gasteiger partial charge >= 0.3 is 0 Å². The molecule has 0 radical (unpaired) electrons. The van der Waals surface area contributed by atoms with Gasteiger partial charge in [0, 0.05) is 34.6 Å². The number of carbonyl (C=O) groups excluding carboxylic acids is 1. The van der Waals surface area contributed by atoms with Gasteiger partial charge in [-0.15, -0.1) is 11.3 Å². The summed E-state index contributed by atoms with van der Waals surface area (Å²) in [5, 5.41) is 16.5. The number of thiophene rings is 1. The van der Waals surface area contributed by atoms with E-state index >= 15 is 0 Å². The van der Waals surface area contributed by atoms with Gasteiger partial charge < -0.3 is 10.6 Å². The summed E-state index contributed by atoms with van der Waals surface area (Å²) in [4.78, 5) is 24.7. The van der Waals surface area contributed by atoms with E-state index in [1.165, 1.54) is 23.1 Å². The molecule has 1 amide bonds. The number of nitrogens with zero attached hydrogens (tertiary/aromatic N) is 1.